The number of aliphatic hydroxyl groups excluding tert-OH is 1. The first-order chi connectivity index (χ1) is 11.5. The van der Waals surface area contributed by atoms with Gasteiger partial charge in [-0.15, -0.1) is 0 Å². The number of hydrogen-bond donors (Lipinski definition) is 2. The number of aliphatic hydroxyl groups is 1. The van der Waals surface area contributed by atoms with Crippen molar-refractivity contribution < 1.29 is 27.4 Å². The van der Waals surface area contributed by atoms with E-state index in [0.717, 1.165) is 12.1 Å². The fourth-order valence-electron chi connectivity index (χ4n) is 2.69. The van der Waals surface area contributed by atoms with E-state index in [9.17, 15) is 18.3 Å². The Labute approximate surface area is 137 Å². The molecule has 1 aromatic carbocycles. The second-order valence-electron chi connectivity index (χ2n) is 5.81. The van der Waals surface area contributed by atoms with Gasteiger partial charge in [0.05, 0.1) is 25.3 Å². The Morgan fingerprint density at radius 2 is 1.83 bits per heavy atom. The minimum absolute atomic E-state index is 0.0621. The summed E-state index contributed by atoms with van der Waals surface area (Å²) >= 11 is 0. The van der Waals surface area contributed by atoms with Crippen molar-refractivity contribution in [2.45, 2.75) is 18.8 Å². The molecule has 0 radical (unpaired) electrons. The molecule has 7 heteroatoms. The summed E-state index contributed by atoms with van der Waals surface area (Å²) in [5.74, 6) is 1.25. The summed E-state index contributed by atoms with van der Waals surface area (Å²) in [5.41, 5.74) is -0.0948. The van der Waals surface area contributed by atoms with Crippen LogP contribution in [-0.4, -0.2) is 31.0 Å². The van der Waals surface area contributed by atoms with E-state index in [2.05, 4.69) is 5.32 Å². The molecule has 24 heavy (non-hydrogen) atoms. The Morgan fingerprint density at radius 3 is 2.50 bits per heavy atom. The maximum absolute atomic E-state index is 12.6. The van der Waals surface area contributed by atoms with E-state index in [0.29, 0.717) is 36.8 Å². The predicted octanol–water partition coefficient (Wildman–Crippen LogP) is 3.06. The van der Waals surface area contributed by atoms with Gasteiger partial charge in [0.1, 0.15) is 11.5 Å². The molecule has 2 heterocycles. The first kappa shape index (κ1) is 17.0. The van der Waals surface area contributed by atoms with E-state index in [1.54, 1.807) is 12.1 Å². The molecule has 1 aliphatic heterocycles. The van der Waals surface area contributed by atoms with E-state index >= 15 is 0 Å². The zero-order valence-electron chi connectivity index (χ0n) is 12.8. The highest BCUT2D eigenvalue weighted by Crippen LogP contribution is 2.31. The first-order valence-electron chi connectivity index (χ1n) is 7.65. The largest absolute Gasteiger partial charge is 0.460 e. The normalized spacial score (nSPS) is 21.3. The van der Waals surface area contributed by atoms with Crippen molar-refractivity contribution in [2.75, 3.05) is 19.8 Å². The Kier molecular flexibility index (Phi) is 4.93. The number of ether oxygens (including phenoxy) is 1. The summed E-state index contributed by atoms with van der Waals surface area (Å²) in [5, 5.41) is 12.5. The van der Waals surface area contributed by atoms with E-state index in [1.807, 2.05) is 0 Å². The summed E-state index contributed by atoms with van der Waals surface area (Å²) in [4.78, 5) is 0. The molecule has 0 amide bonds. The highest BCUT2D eigenvalue weighted by molar-refractivity contribution is 5.58. The van der Waals surface area contributed by atoms with Crippen molar-refractivity contribution in [1.29, 1.82) is 0 Å². The van der Waals surface area contributed by atoms with Crippen molar-refractivity contribution in [1.82, 2.24) is 5.32 Å². The Bertz CT molecular complexity index is 666. The van der Waals surface area contributed by atoms with E-state index in [-0.39, 0.29) is 18.6 Å². The third-order valence-corrected chi connectivity index (χ3v) is 4.13. The molecule has 1 fully saturated rings. The van der Waals surface area contributed by atoms with Gasteiger partial charge in [-0.1, -0.05) is 12.1 Å². The van der Waals surface area contributed by atoms with Crippen LogP contribution < -0.4 is 5.32 Å². The van der Waals surface area contributed by atoms with Gasteiger partial charge in [0, 0.05) is 24.1 Å². The van der Waals surface area contributed by atoms with Gasteiger partial charge in [-0.05, 0) is 24.3 Å². The molecule has 2 aromatic rings. The number of rotatable bonds is 5. The average molecular weight is 341 g/mol. The molecule has 130 valence electrons. The van der Waals surface area contributed by atoms with Crippen LogP contribution >= 0.6 is 0 Å². The fraction of sp³-hybridized carbons (Fsp3) is 0.412. The lowest BCUT2D eigenvalue weighted by Gasteiger charge is -2.15. The molecule has 3 rings (SSSR count). The molecule has 0 aliphatic carbocycles. The first-order valence-corrected chi connectivity index (χ1v) is 7.65. The quantitative estimate of drug-likeness (QED) is 0.878. The van der Waals surface area contributed by atoms with Crippen molar-refractivity contribution in [2.24, 2.45) is 5.92 Å². The Balaban J connectivity index is 1.63. The Hall–Kier alpha value is -1.83. The van der Waals surface area contributed by atoms with Gasteiger partial charge in [-0.25, -0.2) is 0 Å². The maximum atomic E-state index is 12.6. The topological polar surface area (TPSA) is 54.6 Å². The van der Waals surface area contributed by atoms with Crippen molar-refractivity contribution in [3.8, 4) is 11.3 Å². The van der Waals surface area contributed by atoms with Gasteiger partial charge >= 0.3 is 6.18 Å². The lowest BCUT2D eigenvalue weighted by atomic mass is 10.1. The highest BCUT2D eigenvalue weighted by Gasteiger charge is 2.30. The smallest absolute Gasteiger partial charge is 0.416 e. The predicted molar refractivity (Wildman–Crippen MR) is 81.2 cm³/mol. The third kappa shape index (κ3) is 3.80. The molecular formula is C17H18F3NO3. The number of benzene rings is 1. The van der Waals surface area contributed by atoms with Crippen LogP contribution in [0.25, 0.3) is 11.3 Å². The molecule has 1 aromatic heterocycles. The van der Waals surface area contributed by atoms with Crippen LogP contribution in [0, 0.1) is 5.92 Å². The third-order valence-electron chi connectivity index (χ3n) is 4.13. The van der Waals surface area contributed by atoms with Gasteiger partial charge in [-0.2, -0.15) is 13.2 Å². The van der Waals surface area contributed by atoms with Crippen LogP contribution in [0.2, 0.25) is 0 Å². The molecule has 4 nitrogen and oxygen atoms in total. The van der Waals surface area contributed by atoms with Crippen LogP contribution in [0.1, 0.15) is 11.3 Å². The molecular weight excluding hydrogens is 323 g/mol. The molecule has 0 bridgehead atoms. The van der Waals surface area contributed by atoms with E-state index < -0.39 is 11.7 Å². The molecule has 2 atom stereocenters. The molecule has 1 aliphatic rings. The van der Waals surface area contributed by atoms with Crippen LogP contribution in [0.3, 0.4) is 0 Å². The second kappa shape index (κ2) is 6.96. The summed E-state index contributed by atoms with van der Waals surface area (Å²) in [6.45, 7) is 1.60. The van der Waals surface area contributed by atoms with Crippen LogP contribution in [-0.2, 0) is 17.5 Å². The van der Waals surface area contributed by atoms with Gasteiger partial charge in [0.2, 0.25) is 0 Å². The minimum atomic E-state index is -4.34. The minimum Gasteiger partial charge on any atom is -0.460 e. The molecule has 0 spiro atoms. The van der Waals surface area contributed by atoms with Crippen molar-refractivity contribution >= 4 is 0 Å². The summed E-state index contributed by atoms with van der Waals surface area (Å²) in [6.07, 6.45) is -4.34. The van der Waals surface area contributed by atoms with Gasteiger partial charge < -0.3 is 19.6 Å². The zero-order valence-corrected chi connectivity index (χ0v) is 12.8. The summed E-state index contributed by atoms with van der Waals surface area (Å²) < 4.78 is 48.7. The lowest BCUT2D eigenvalue weighted by molar-refractivity contribution is -0.137. The molecule has 2 N–H and O–H groups in total. The molecule has 0 unspecified atom stereocenters. The average Bonchev–Trinajstić information content (AvgIpc) is 3.21. The number of hydrogen-bond acceptors (Lipinski definition) is 4. The monoisotopic (exact) mass is 341 g/mol. The van der Waals surface area contributed by atoms with Gasteiger partial charge in [0.25, 0.3) is 0 Å². The maximum Gasteiger partial charge on any atom is 0.416 e. The van der Waals surface area contributed by atoms with Gasteiger partial charge in [0.15, 0.2) is 0 Å². The van der Waals surface area contributed by atoms with Crippen molar-refractivity contribution in [3.63, 3.8) is 0 Å². The SMILES string of the molecule is OC[C@@H]1COC[C@@H]1NCc1ccc(-c2ccc(C(F)(F)F)cc2)o1. The Morgan fingerprint density at radius 1 is 1.08 bits per heavy atom. The standard InChI is InChI=1S/C17H18F3NO3/c18-17(19,20)13-3-1-11(2-4-13)16-6-5-14(24-16)7-21-15-10-23-9-12(15)8-22/h1-6,12,15,21-22H,7-10H2/t12-,15+/m1/s1. The van der Waals surface area contributed by atoms with E-state index in [4.69, 9.17) is 9.15 Å². The van der Waals surface area contributed by atoms with Gasteiger partial charge in [-0.3, -0.25) is 0 Å². The summed E-state index contributed by atoms with van der Waals surface area (Å²) in [6, 6.07) is 8.44. The molecule has 1 saturated heterocycles. The van der Waals surface area contributed by atoms with Crippen LogP contribution in [0.5, 0.6) is 0 Å². The number of furan rings is 1. The highest BCUT2D eigenvalue weighted by atomic mass is 19.4. The lowest BCUT2D eigenvalue weighted by Crippen LogP contribution is -2.36. The number of nitrogens with one attached hydrogen (secondary N) is 1. The molecule has 0 saturated carbocycles. The zero-order chi connectivity index (χ0) is 17.2. The van der Waals surface area contributed by atoms with Crippen LogP contribution in [0.15, 0.2) is 40.8 Å². The van der Waals surface area contributed by atoms with Crippen molar-refractivity contribution in [3.05, 3.63) is 47.7 Å². The number of alkyl halides is 3. The van der Waals surface area contributed by atoms with Crippen LogP contribution in [0.4, 0.5) is 13.2 Å². The second-order valence-corrected chi connectivity index (χ2v) is 5.81. The fourth-order valence-corrected chi connectivity index (χ4v) is 2.69. The summed E-state index contributed by atoms with van der Waals surface area (Å²) in [7, 11) is 0. The van der Waals surface area contributed by atoms with E-state index in [1.165, 1.54) is 12.1 Å². The number of halogens is 3.